The fraction of sp³-hybridized carbons (Fsp3) is 0.600. The van der Waals surface area contributed by atoms with Crippen LogP contribution in [0.3, 0.4) is 0 Å². The van der Waals surface area contributed by atoms with Gasteiger partial charge in [-0.2, -0.15) is 0 Å². The third kappa shape index (κ3) is 3.30. The van der Waals surface area contributed by atoms with Gasteiger partial charge < -0.3 is 10.1 Å². The average molecular weight is 233 g/mol. The van der Waals surface area contributed by atoms with E-state index in [1.165, 1.54) is 5.56 Å². The highest BCUT2D eigenvalue weighted by atomic mass is 16.5. The average Bonchev–Trinajstić information content (AvgIpc) is 2.34. The molecule has 0 spiro atoms. The van der Waals surface area contributed by atoms with Crippen LogP contribution in [0.5, 0.6) is 0 Å². The third-order valence-electron chi connectivity index (χ3n) is 3.76. The van der Waals surface area contributed by atoms with Crippen LogP contribution in [0.15, 0.2) is 30.3 Å². The first-order valence-corrected chi connectivity index (χ1v) is 6.54. The van der Waals surface area contributed by atoms with E-state index in [0.29, 0.717) is 12.1 Å². The molecule has 0 aromatic heterocycles. The maximum atomic E-state index is 6.15. The van der Waals surface area contributed by atoms with E-state index in [1.54, 1.807) is 0 Å². The molecule has 1 aromatic carbocycles. The van der Waals surface area contributed by atoms with Crippen LogP contribution in [0.4, 0.5) is 0 Å². The molecule has 0 amide bonds. The first kappa shape index (κ1) is 12.6. The molecule has 3 atom stereocenters. The van der Waals surface area contributed by atoms with E-state index in [9.17, 15) is 0 Å². The molecule has 3 unspecified atom stereocenters. The Kier molecular flexibility index (Phi) is 3.85. The normalized spacial score (nSPS) is 33.6. The molecule has 0 saturated carbocycles. The van der Waals surface area contributed by atoms with Gasteiger partial charge in [-0.3, -0.25) is 0 Å². The monoisotopic (exact) mass is 233 g/mol. The largest absolute Gasteiger partial charge is 0.369 e. The zero-order chi connectivity index (χ0) is 12.3. The third-order valence-corrected chi connectivity index (χ3v) is 3.76. The van der Waals surface area contributed by atoms with Crippen LogP contribution < -0.4 is 5.32 Å². The van der Waals surface area contributed by atoms with Crippen molar-refractivity contribution in [1.82, 2.24) is 5.32 Å². The second-order valence-electron chi connectivity index (χ2n) is 5.43. The minimum absolute atomic E-state index is 0.0260. The molecule has 0 radical (unpaired) electrons. The van der Waals surface area contributed by atoms with Gasteiger partial charge in [0.15, 0.2) is 0 Å². The molecule has 1 aliphatic heterocycles. The predicted octanol–water partition coefficient (Wildman–Crippen LogP) is 2.77. The Morgan fingerprint density at radius 3 is 2.65 bits per heavy atom. The summed E-state index contributed by atoms with van der Waals surface area (Å²) in [6.45, 7) is 7.50. The molecule has 2 nitrogen and oxygen atoms in total. The molecular formula is C15H23NO. The minimum Gasteiger partial charge on any atom is -0.369 e. The van der Waals surface area contributed by atoms with Gasteiger partial charge in [-0.15, -0.1) is 0 Å². The molecular weight excluding hydrogens is 210 g/mol. The van der Waals surface area contributed by atoms with Crippen molar-refractivity contribution in [3.63, 3.8) is 0 Å². The number of nitrogens with one attached hydrogen (secondary N) is 1. The number of hydrogen-bond acceptors (Lipinski definition) is 2. The molecule has 2 heteroatoms. The lowest BCUT2D eigenvalue weighted by atomic mass is 9.93. The van der Waals surface area contributed by atoms with E-state index in [1.807, 2.05) is 0 Å². The molecule has 1 aromatic rings. The Bertz CT molecular complexity index is 351. The lowest BCUT2D eigenvalue weighted by Crippen LogP contribution is -2.56. The van der Waals surface area contributed by atoms with Gasteiger partial charge in [0.2, 0.25) is 0 Å². The van der Waals surface area contributed by atoms with Crippen molar-refractivity contribution in [3.8, 4) is 0 Å². The Morgan fingerprint density at radius 1 is 1.29 bits per heavy atom. The van der Waals surface area contributed by atoms with E-state index in [2.05, 4.69) is 56.4 Å². The number of morpholine rings is 1. The van der Waals surface area contributed by atoms with Gasteiger partial charge in [0.1, 0.15) is 0 Å². The van der Waals surface area contributed by atoms with Crippen LogP contribution in [0.1, 0.15) is 32.8 Å². The quantitative estimate of drug-likeness (QED) is 0.867. The molecule has 17 heavy (non-hydrogen) atoms. The van der Waals surface area contributed by atoms with E-state index in [4.69, 9.17) is 4.74 Å². The van der Waals surface area contributed by atoms with Gasteiger partial charge >= 0.3 is 0 Å². The predicted molar refractivity (Wildman–Crippen MR) is 71.2 cm³/mol. The van der Waals surface area contributed by atoms with Crippen LogP contribution in [0, 0.1) is 0 Å². The van der Waals surface area contributed by atoms with Crippen molar-refractivity contribution in [2.24, 2.45) is 0 Å². The highest BCUT2D eigenvalue weighted by Crippen LogP contribution is 2.24. The van der Waals surface area contributed by atoms with Gasteiger partial charge in [0.25, 0.3) is 0 Å². The fourth-order valence-corrected chi connectivity index (χ4v) is 2.34. The van der Waals surface area contributed by atoms with Crippen LogP contribution in [0.25, 0.3) is 0 Å². The Hall–Kier alpha value is -0.860. The zero-order valence-corrected chi connectivity index (χ0v) is 11.1. The highest BCUT2D eigenvalue weighted by molar-refractivity contribution is 5.15. The Labute approximate surface area is 104 Å². The van der Waals surface area contributed by atoms with Crippen LogP contribution in [0.2, 0.25) is 0 Å². The number of rotatable bonds is 3. The summed E-state index contributed by atoms with van der Waals surface area (Å²) in [6.07, 6.45) is 2.45. The number of ether oxygens (including phenoxy) is 1. The summed E-state index contributed by atoms with van der Waals surface area (Å²) < 4.78 is 6.15. The highest BCUT2D eigenvalue weighted by Gasteiger charge is 2.33. The summed E-state index contributed by atoms with van der Waals surface area (Å²) in [6, 6.07) is 11.1. The second kappa shape index (κ2) is 5.19. The van der Waals surface area contributed by atoms with E-state index in [-0.39, 0.29) is 5.60 Å². The topological polar surface area (TPSA) is 21.3 Å². The zero-order valence-electron chi connectivity index (χ0n) is 11.1. The lowest BCUT2D eigenvalue weighted by Gasteiger charge is -2.41. The van der Waals surface area contributed by atoms with E-state index < -0.39 is 0 Å². The minimum atomic E-state index is -0.0260. The smallest absolute Gasteiger partial charge is 0.0786 e. The summed E-state index contributed by atoms with van der Waals surface area (Å²) in [5.74, 6) is 0. The van der Waals surface area contributed by atoms with Crippen molar-refractivity contribution in [3.05, 3.63) is 35.9 Å². The van der Waals surface area contributed by atoms with Crippen LogP contribution in [-0.4, -0.2) is 24.3 Å². The number of hydrogen-bond donors (Lipinski definition) is 1. The standard InChI is InChI=1S/C15H23NO/c1-12-13(2)17-15(3,11-16-12)10-9-14-7-5-4-6-8-14/h4-8,12-13,16H,9-11H2,1-3H3. The van der Waals surface area contributed by atoms with E-state index >= 15 is 0 Å². The molecule has 1 aliphatic rings. The Morgan fingerprint density at radius 2 is 2.00 bits per heavy atom. The van der Waals surface area contributed by atoms with Crippen molar-refractivity contribution in [2.75, 3.05) is 6.54 Å². The van der Waals surface area contributed by atoms with Crippen LogP contribution in [-0.2, 0) is 11.2 Å². The maximum absolute atomic E-state index is 6.15. The van der Waals surface area contributed by atoms with Gasteiger partial charge in [-0.1, -0.05) is 30.3 Å². The lowest BCUT2D eigenvalue weighted by molar-refractivity contribution is -0.118. The van der Waals surface area contributed by atoms with E-state index in [0.717, 1.165) is 19.4 Å². The second-order valence-corrected chi connectivity index (χ2v) is 5.43. The number of aryl methyl sites for hydroxylation is 1. The molecule has 1 N–H and O–H groups in total. The molecule has 2 rings (SSSR count). The van der Waals surface area contributed by atoms with Crippen molar-refractivity contribution in [2.45, 2.75) is 51.4 Å². The first-order chi connectivity index (χ1) is 8.09. The summed E-state index contributed by atoms with van der Waals surface area (Å²) in [5.41, 5.74) is 1.37. The van der Waals surface area contributed by atoms with Gasteiger partial charge in [0, 0.05) is 12.6 Å². The fourth-order valence-electron chi connectivity index (χ4n) is 2.34. The summed E-state index contributed by atoms with van der Waals surface area (Å²) >= 11 is 0. The summed E-state index contributed by atoms with van der Waals surface area (Å²) in [5, 5.41) is 3.53. The summed E-state index contributed by atoms with van der Waals surface area (Å²) in [4.78, 5) is 0. The SMILES string of the molecule is CC1NCC(C)(CCc2ccccc2)OC1C. The van der Waals surface area contributed by atoms with Crippen LogP contribution >= 0.6 is 0 Å². The molecule has 1 saturated heterocycles. The summed E-state index contributed by atoms with van der Waals surface area (Å²) in [7, 11) is 0. The van der Waals surface area contributed by atoms with Crippen molar-refractivity contribution in [1.29, 1.82) is 0 Å². The van der Waals surface area contributed by atoms with Crippen molar-refractivity contribution < 1.29 is 4.74 Å². The van der Waals surface area contributed by atoms with Gasteiger partial charge in [-0.25, -0.2) is 0 Å². The molecule has 1 fully saturated rings. The number of benzene rings is 1. The first-order valence-electron chi connectivity index (χ1n) is 6.54. The van der Waals surface area contributed by atoms with Gasteiger partial charge in [0.05, 0.1) is 11.7 Å². The molecule has 1 heterocycles. The molecule has 0 bridgehead atoms. The maximum Gasteiger partial charge on any atom is 0.0786 e. The molecule has 94 valence electrons. The van der Waals surface area contributed by atoms with Gasteiger partial charge in [-0.05, 0) is 39.2 Å². The molecule has 0 aliphatic carbocycles. The van der Waals surface area contributed by atoms with Crippen molar-refractivity contribution >= 4 is 0 Å². The Balaban J connectivity index is 1.90.